The van der Waals surface area contributed by atoms with Crippen LogP contribution in [-0.2, 0) is 9.59 Å². The van der Waals surface area contributed by atoms with Crippen LogP contribution in [0.4, 0.5) is 35.7 Å². The second-order valence-corrected chi connectivity index (χ2v) is 32.3. The molecule has 8 N–H and O–H groups in total. The van der Waals surface area contributed by atoms with Gasteiger partial charge in [0.25, 0.3) is 0 Å². The number of hydrogen-bond acceptors (Lipinski definition) is 18. The first-order valence-electron chi connectivity index (χ1n) is 34.8. The van der Waals surface area contributed by atoms with Crippen LogP contribution in [-0.4, -0.2) is 163 Å². The van der Waals surface area contributed by atoms with Gasteiger partial charge in [0.05, 0.1) is 13.1 Å². The number of aromatic nitrogens is 6. The quantitative estimate of drug-likeness (QED) is 0.0311. The lowest BCUT2D eigenvalue weighted by molar-refractivity contribution is -0.120. The van der Waals surface area contributed by atoms with Crippen LogP contribution in [0, 0.1) is 0 Å². The molecule has 2 aromatic rings. The first-order valence-corrected chi connectivity index (χ1v) is 34.8. The van der Waals surface area contributed by atoms with Gasteiger partial charge in [0.2, 0.25) is 47.5 Å². The molecule has 0 aliphatic carbocycles. The lowest BCUT2D eigenvalue weighted by Crippen LogP contribution is -2.63. The summed E-state index contributed by atoms with van der Waals surface area (Å²) in [5.74, 6) is 3.40. The molecule has 502 valence electrons. The molecule has 0 aromatic carbocycles. The van der Waals surface area contributed by atoms with Crippen LogP contribution >= 0.6 is 0 Å². The van der Waals surface area contributed by atoms with Crippen LogP contribution in [0.15, 0.2) is 0 Å². The summed E-state index contributed by atoms with van der Waals surface area (Å²) in [6, 6.07) is 0.904. The van der Waals surface area contributed by atoms with Gasteiger partial charge in [-0.25, -0.2) is 0 Å². The van der Waals surface area contributed by atoms with E-state index in [1.165, 1.54) is 0 Å². The maximum Gasteiger partial charge on any atom is 0.239 e. The molecule has 6 heterocycles. The average molecular weight is 1230 g/mol. The van der Waals surface area contributed by atoms with Gasteiger partial charge in [0, 0.05) is 108 Å². The van der Waals surface area contributed by atoms with E-state index in [0.717, 1.165) is 155 Å². The molecule has 4 fully saturated rings. The van der Waals surface area contributed by atoms with Crippen LogP contribution in [0.2, 0.25) is 0 Å². The summed E-state index contributed by atoms with van der Waals surface area (Å²) in [5, 5.41) is 28.6. The lowest BCUT2D eigenvalue weighted by atomic mass is 9.79. The molecule has 6 rings (SSSR count). The second kappa shape index (κ2) is 30.8. The van der Waals surface area contributed by atoms with Gasteiger partial charge < -0.3 is 62.1 Å². The molecule has 20 nitrogen and oxygen atoms in total. The largest absolute Gasteiger partial charge is 0.355 e. The smallest absolute Gasteiger partial charge is 0.239 e. The van der Waals surface area contributed by atoms with Gasteiger partial charge in [0.1, 0.15) is 0 Å². The van der Waals surface area contributed by atoms with Crippen molar-refractivity contribution in [1.82, 2.24) is 61.8 Å². The van der Waals surface area contributed by atoms with Crippen molar-refractivity contribution in [2.24, 2.45) is 0 Å². The molecular weight excluding hydrogens is 1100 g/mol. The fourth-order valence-electron chi connectivity index (χ4n) is 15.9. The number of unbranched alkanes of at least 4 members (excludes halogenated alkanes) is 7. The highest BCUT2D eigenvalue weighted by Crippen LogP contribution is 2.39. The number of anilines is 6. The lowest BCUT2D eigenvalue weighted by Gasteiger charge is -2.50. The van der Waals surface area contributed by atoms with Crippen molar-refractivity contribution in [2.45, 2.75) is 335 Å². The van der Waals surface area contributed by atoms with Crippen molar-refractivity contribution in [3.63, 3.8) is 0 Å². The number of carbonyl (C=O) groups excluding carboxylic acids is 2. The van der Waals surface area contributed by atoms with Gasteiger partial charge in [-0.05, 0) is 201 Å². The highest BCUT2D eigenvalue weighted by Gasteiger charge is 2.45. The Balaban J connectivity index is 1.08. The van der Waals surface area contributed by atoms with Crippen LogP contribution in [0.5, 0.6) is 0 Å². The van der Waals surface area contributed by atoms with E-state index in [9.17, 15) is 9.59 Å². The first-order chi connectivity index (χ1) is 41.1. The van der Waals surface area contributed by atoms with Crippen molar-refractivity contribution in [1.29, 1.82) is 0 Å². The Morgan fingerprint density at radius 3 is 0.773 bits per heavy atom. The molecule has 20 heteroatoms. The van der Waals surface area contributed by atoms with E-state index in [2.05, 4.69) is 201 Å². The number of piperidine rings is 4. The molecule has 88 heavy (non-hydrogen) atoms. The Morgan fingerprint density at radius 2 is 0.568 bits per heavy atom. The van der Waals surface area contributed by atoms with Gasteiger partial charge >= 0.3 is 0 Å². The van der Waals surface area contributed by atoms with Crippen molar-refractivity contribution in [3.05, 3.63) is 0 Å². The minimum atomic E-state index is -0.101. The van der Waals surface area contributed by atoms with E-state index in [1.54, 1.807) is 0 Å². The number of amides is 2. The summed E-state index contributed by atoms with van der Waals surface area (Å²) in [6.45, 7) is 50.4. The van der Waals surface area contributed by atoms with Crippen molar-refractivity contribution >= 4 is 47.5 Å². The predicted octanol–water partition coefficient (Wildman–Crippen LogP) is 11.0. The number of carbonyl (C=O) groups is 2. The minimum Gasteiger partial charge on any atom is -0.355 e. The zero-order chi connectivity index (χ0) is 64.9. The zero-order valence-electron chi connectivity index (χ0n) is 59.4. The molecule has 0 atom stereocenters. The van der Waals surface area contributed by atoms with E-state index in [1.807, 2.05) is 0 Å². The minimum absolute atomic E-state index is 0.0545. The summed E-state index contributed by atoms with van der Waals surface area (Å²) in [5.41, 5.74) is -0.498. The van der Waals surface area contributed by atoms with Crippen LogP contribution in [0.25, 0.3) is 0 Å². The third-order valence-electron chi connectivity index (χ3n) is 18.3. The Morgan fingerprint density at radius 1 is 0.352 bits per heavy atom. The molecule has 0 spiro atoms. The number of hydrogen-bond donors (Lipinski definition) is 8. The Bertz CT molecular complexity index is 2140. The average Bonchev–Trinajstić information content (AvgIpc) is 3.22. The fourth-order valence-corrected chi connectivity index (χ4v) is 15.9. The van der Waals surface area contributed by atoms with Crippen molar-refractivity contribution in [2.75, 3.05) is 82.6 Å². The number of nitrogens with one attached hydrogen (secondary N) is 8. The molecule has 0 bridgehead atoms. The topological polar surface area (TPSA) is 221 Å². The third-order valence-corrected chi connectivity index (χ3v) is 18.3. The summed E-state index contributed by atoms with van der Waals surface area (Å²) < 4.78 is 0. The zero-order valence-corrected chi connectivity index (χ0v) is 59.4. The standard InChI is InChI=1S/C68H128N18O2/c1-21-25-35-83(49-39-61(5,6)79-62(7,8)40-49)57-73-55(74-58(77-57)84(36-26-22-2)50-41-63(9,10)80-64(11,12)42-50)71-47-53(87)69-33-31-29-30-32-34-70-54(88)48-72-56-75-59(85(37-27-23-3)51-43-65(13,14)81-66(15,16)44-51)78-60(76-56)86(38-28-24-4)52-45-67(17,18)82-68(19,20)46-52/h49-52,79-82H,21-48H2,1-20H3,(H,69,87)(H,70,88)(H,71,73,74,77)(H,72,75,76,78). The summed E-state index contributed by atoms with van der Waals surface area (Å²) in [6.07, 6.45) is 19.5. The summed E-state index contributed by atoms with van der Waals surface area (Å²) in [7, 11) is 0. The van der Waals surface area contributed by atoms with Gasteiger partial charge in [-0.3, -0.25) is 9.59 Å². The van der Waals surface area contributed by atoms with Crippen LogP contribution in [0.1, 0.15) is 267 Å². The monoisotopic (exact) mass is 1230 g/mol. The van der Waals surface area contributed by atoms with Gasteiger partial charge in [-0.1, -0.05) is 66.2 Å². The summed E-state index contributed by atoms with van der Waals surface area (Å²) >= 11 is 0. The predicted molar refractivity (Wildman–Crippen MR) is 367 cm³/mol. The molecule has 2 aromatic heterocycles. The maximum atomic E-state index is 13.6. The molecule has 4 aliphatic rings. The molecule has 0 saturated carbocycles. The Hall–Kier alpha value is -4.40. The van der Waals surface area contributed by atoms with Gasteiger partial charge in [0.15, 0.2) is 0 Å². The highest BCUT2D eigenvalue weighted by atomic mass is 16.2. The van der Waals surface area contributed by atoms with E-state index in [4.69, 9.17) is 29.9 Å². The molecule has 0 unspecified atom stereocenters. The van der Waals surface area contributed by atoms with E-state index in [-0.39, 0.29) is 93.4 Å². The van der Waals surface area contributed by atoms with E-state index < -0.39 is 0 Å². The van der Waals surface area contributed by atoms with E-state index in [0.29, 0.717) is 48.8 Å². The van der Waals surface area contributed by atoms with Crippen molar-refractivity contribution < 1.29 is 9.59 Å². The number of nitrogens with zero attached hydrogens (tertiary/aromatic N) is 10. The molecule has 0 radical (unpaired) electrons. The maximum absolute atomic E-state index is 13.6. The Kier molecular flexibility index (Phi) is 25.4. The van der Waals surface area contributed by atoms with Crippen molar-refractivity contribution in [3.8, 4) is 0 Å². The molecule has 2 amide bonds. The van der Waals surface area contributed by atoms with Gasteiger partial charge in [-0.15, -0.1) is 0 Å². The van der Waals surface area contributed by atoms with E-state index >= 15 is 0 Å². The van der Waals surface area contributed by atoms with Crippen LogP contribution in [0.3, 0.4) is 0 Å². The van der Waals surface area contributed by atoms with Gasteiger partial charge in [-0.2, -0.15) is 29.9 Å². The molecule has 4 aliphatic heterocycles. The normalized spacial score (nSPS) is 21.3. The second-order valence-electron chi connectivity index (χ2n) is 32.3. The first kappa shape index (κ1) is 72.7. The fraction of sp³-hybridized carbons (Fsp3) is 0.882. The number of rotatable bonds is 33. The summed E-state index contributed by atoms with van der Waals surface area (Å²) in [4.78, 5) is 68.4. The molecular formula is C68H128N18O2. The molecule has 4 saturated heterocycles. The Labute approximate surface area is 534 Å². The highest BCUT2D eigenvalue weighted by molar-refractivity contribution is 5.80. The third kappa shape index (κ3) is 22.8. The van der Waals surface area contributed by atoms with Crippen LogP contribution < -0.4 is 62.1 Å². The SMILES string of the molecule is CCCCN(c1nc(NCC(=O)NCCCCCCNC(=O)CNc2nc(N(CCCC)C3CC(C)(C)NC(C)(C)C3)nc(N(CCCC)C3CC(C)(C)NC(C)(C)C3)n2)nc(N(CCCC)C2CC(C)(C)NC(C)(C)C2)n1)C1CC(C)(C)NC(C)(C)C1.